The van der Waals surface area contributed by atoms with E-state index in [2.05, 4.69) is 11.1 Å². The number of hydrogen-bond acceptors (Lipinski definition) is 2. The van der Waals surface area contributed by atoms with Crippen molar-refractivity contribution in [3.05, 3.63) is 36.3 Å². The fourth-order valence-corrected chi connectivity index (χ4v) is 1.16. The molecule has 0 spiro atoms. The standard InChI is InChI=1S/C9H7N3/c10-4-3-8-1-2-9-11-5-6-12(9)7-8/h1-2,5-7H,3H2. The molecular formula is C9H7N3. The van der Waals surface area contributed by atoms with Crippen LogP contribution in [0.25, 0.3) is 5.65 Å². The number of nitriles is 1. The maximum absolute atomic E-state index is 8.47. The molecule has 0 fully saturated rings. The van der Waals surface area contributed by atoms with Crippen LogP contribution in [0.15, 0.2) is 30.7 Å². The van der Waals surface area contributed by atoms with E-state index in [4.69, 9.17) is 5.26 Å². The van der Waals surface area contributed by atoms with Gasteiger partial charge in [0.25, 0.3) is 0 Å². The zero-order valence-electron chi connectivity index (χ0n) is 6.44. The zero-order chi connectivity index (χ0) is 8.39. The van der Waals surface area contributed by atoms with Gasteiger partial charge in [-0.2, -0.15) is 5.26 Å². The van der Waals surface area contributed by atoms with Crippen molar-refractivity contribution in [2.24, 2.45) is 0 Å². The highest BCUT2D eigenvalue weighted by atomic mass is 15.0. The maximum Gasteiger partial charge on any atom is 0.136 e. The first-order valence-corrected chi connectivity index (χ1v) is 3.69. The number of rotatable bonds is 1. The number of nitrogens with zero attached hydrogens (tertiary/aromatic N) is 3. The molecule has 0 aliphatic carbocycles. The van der Waals surface area contributed by atoms with Gasteiger partial charge in [-0.25, -0.2) is 4.98 Å². The molecule has 12 heavy (non-hydrogen) atoms. The van der Waals surface area contributed by atoms with E-state index in [1.54, 1.807) is 6.20 Å². The smallest absolute Gasteiger partial charge is 0.136 e. The van der Waals surface area contributed by atoms with E-state index in [1.165, 1.54) is 0 Å². The van der Waals surface area contributed by atoms with E-state index in [0.717, 1.165) is 11.2 Å². The molecule has 2 aromatic rings. The summed E-state index contributed by atoms with van der Waals surface area (Å²) in [5.74, 6) is 0. The van der Waals surface area contributed by atoms with E-state index in [-0.39, 0.29) is 0 Å². The minimum absolute atomic E-state index is 0.452. The number of hydrogen-bond donors (Lipinski definition) is 0. The monoisotopic (exact) mass is 157 g/mol. The van der Waals surface area contributed by atoms with E-state index in [1.807, 2.05) is 28.9 Å². The van der Waals surface area contributed by atoms with Crippen molar-refractivity contribution < 1.29 is 0 Å². The lowest BCUT2D eigenvalue weighted by molar-refractivity contribution is 1.12. The summed E-state index contributed by atoms with van der Waals surface area (Å²) in [6.45, 7) is 0. The predicted molar refractivity (Wildman–Crippen MR) is 44.5 cm³/mol. The maximum atomic E-state index is 8.47. The van der Waals surface area contributed by atoms with Gasteiger partial charge in [0.2, 0.25) is 0 Å². The molecule has 2 aromatic heterocycles. The van der Waals surface area contributed by atoms with Gasteiger partial charge in [-0.3, -0.25) is 0 Å². The Morgan fingerprint density at radius 2 is 2.42 bits per heavy atom. The lowest BCUT2D eigenvalue weighted by atomic mass is 10.2. The molecule has 0 saturated carbocycles. The average molecular weight is 157 g/mol. The third-order valence-corrected chi connectivity index (χ3v) is 1.73. The third-order valence-electron chi connectivity index (χ3n) is 1.73. The number of aromatic nitrogens is 2. The highest BCUT2D eigenvalue weighted by Gasteiger charge is 1.94. The predicted octanol–water partition coefficient (Wildman–Crippen LogP) is 1.40. The van der Waals surface area contributed by atoms with Gasteiger partial charge in [-0.05, 0) is 11.6 Å². The molecule has 0 aliphatic heterocycles. The Morgan fingerprint density at radius 3 is 3.25 bits per heavy atom. The first kappa shape index (κ1) is 6.86. The van der Waals surface area contributed by atoms with E-state index >= 15 is 0 Å². The first-order chi connectivity index (χ1) is 5.90. The van der Waals surface area contributed by atoms with Crippen LogP contribution in [0.4, 0.5) is 0 Å². The molecule has 0 atom stereocenters. The highest BCUT2D eigenvalue weighted by molar-refractivity contribution is 5.39. The summed E-state index contributed by atoms with van der Waals surface area (Å²) in [7, 11) is 0. The Hall–Kier alpha value is -1.82. The van der Waals surface area contributed by atoms with Crippen molar-refractivity contribution in [3.8, 4) is 6.07 Å². The van der Waals surface area contributed by atoms with Gasteiger partial charge in [-0.15, -0.1) is 0 Å². The van der Waals surface area contributed by atoms with Gasteiger partial charge in [0, 0.05) is 18.6 Å². The SMILES string of the molecule is N#CCc1ccc2nccn2c1. The summed E-state index contributed by atoms with van der Waals surface area (Å²) in [5.41, 5.74) is 1.93. The molecule has 3 heteroatoms. The van der Waals surface area contributed by atoms with Crippen LogP contribution in [0.3, 0.4) is 0 Å². The summed E-state index contributed by atoms with van der Waals surface area (Å²) in [5, 5.41) is 8.47. The van der Waals surface area contributed by atoms with Crippen molar-refractivity contribution in [1.82, 2.24) is 9.38 Å². The van der Waals surface area contributed by atoms with Crippen molar-refractivity contribution in [3.63, 3.8) is 0 Å². The molecule has 2 heterocycles. The summed E-state index contributed by atoms with van der Waals surface area (Å²) >= 11 is 0. The van der Waals surface area contributed by atoms with Crippen molar-refractivity contribution >= 4 is 5.65 Å². The van der Waals surface area contributed by atoms with Crippen molar-refractivity contribution in [1.29, 1.82) is 5.26 Å². The summed E-state index contributed by atoms with van der Waals surface area (Å²) in [4.78, 5) is 4.10. The first-order valence-electron chi connectivity index (χ1n) is 3.69. The van der Waals surface area contributed by atoms with Gasteiger partial charge < -0.3 is 4.40 Å². The number of fused-ring (bicyclic) bond motifs is 1. The second kappa shape index (κ2) is 2.67. The fourth-order valence-electron chi connectivity index (χ4n) is 1.16. The van der Waals surface area contributed by atoms with E-state index in [9.17, 15) is 0 Å². The van der Waals surface area contributed by atoms with Crippen LogP contribution in [0.5, 0.6) is 0 Å². The Kier molecular flexibility index (Phi) is 1.52. The number of pyridine rings is 1. The van der Waals surface area contributed by atoms with Gasteiger partial charge in [0.1, 0.15) is 5.65 Å². The number of imidazole rings is 1. The average Bonchev–Trinajstić information content (AvgIpc) is 2.51. The van der Waals surface area contributed by atoms with Crippen LogP contribution in [0.1, 0.15) is 5.56 Å². The molecule has 0 aliphatic rings. The molecule has 0 amide bonds. The minimum Gasteiger partial charge on any atom is -0.307 e. The molecular weight excluding hydrogens is 150 g/mol. The Labute approximate surface area is 69.9 Å². The van der Waals surface area contributed by atoms with E-state index in [0.29, 0.717) is 6.42 Å². The molecule has 0 radical (unpaired) electrons. The van der Waals surface area contributed by atoms with Crippen LogP contribution in [0, 0.1) is 11.3 Å². The van der Waals surface area contributed by atoms with Crippen LogP contribution < -0.4 is 0 Å². The minimum atomic E-state index is 0.452. The Balaban J connectivity index is 2.54. The lowest BCUT2D eigenvalue weighted by Crippen LogP contribution is -1.87. The van der Waals surface area contributed by atoms with Crippen LogP contribution in [0.2, 0.25) is 0 Å². The third kappa shape index (κ3) is 1.04. The Bertz CT molecular complexity index is 436. The molecule has 0 N–H and O–H groups in total. The van der Waals surface area contributed by atoms with Crippen molar-refractivity contribution in [2.45, 2.75) is 6.42 Å². The van der Waals surface area contributed by atoms with Gasteiger partial charge in [0.15, 0.2) is 0 Å². The zero-order valence-corrected chi connectivity index (χ0v) is 6.44. The molecule has 0 unspecified atom stereocenters. The van der Waals surface area contributed by atoms with Crippen LogP contribution >= 0.6 is 0 Å². The second-order valence-corrected chi connectivity index (χ2v) is 2.56. The summed E-state index contributed by atoms with van der Waals surface area (Å²) in [6, 6.07) is 5.94. The largest absolute Gasteiger partial charge is 0.307 e. The quantitative estimate of drug-likeness (QED) is 0.627. The summed E-state index contributed by atoms with van der Waals surface area (Å²) < 4.78 is 1.91. The van der Waals surface area contributed by atoms with Crippen molar-refractivity contribution in [2.75, 3.05) is 0 Å². The molecule has 3 nitrogen and oxygen atoms in total. The Morgan fingerprint density at radius 1 is 1.50 bits per heavy atom. The normalized spacial score (nSPS) is 9.92. The van der Waals surface area contributed by atoms with Gasteiger partial charge in [0.05, 0.1) is 12.5 Å². The van der Waals surface area contributed by atoms with Gasteiger partial charge >= 0.3 is 0 Å². The topological polar surface area (TPSA) is 41.1 Å². The van der Waals surface area contributed by atoms with Crippen LogP contribution in [-0.2, 0) is 6.42 Å². The van der Waals surface area contributed by atoms with Gasteiger partial charge in [-0.1, -0.05) is 6.07 Å². The molecule has 0 saturated heterocycles. The van der Waals surface area contributed by atoms with Crippen LogP contribution in [-0.4, -0.2) is 9.38 Å². The second-order valence-electron chi connectivity index (χ2n) is 2.56. The molecule has 0 aromatic carbocycles. The molecule has 0 bridgehead atoms. The van der Waals surface area contributed by atoms with E-state index < -0.39 is 0 Å². The highest BCUT2D eigenvalue weighted by Crippen LogP contribution is 2.04. The molecule has 58 valence electrons. The fraction of sp³-hybridized carbons (Fsp3) is 0.111. The molecule has 2 rings (SSSR count). The lowest BCUT2D eigenvalue weighted by Gasteiger charge is -1.95. The summed E-state index contributed by atoms with van der Waals surface area (Å²) in [6.07, 6.45) is 5.99.